The molecule has 0 spiro atoms. The highest BCUT2D eigenvalue weighted by molar-refractivity contribution is 6.01. The van der Waals surface area contributed by atoms with Crippen LogP contribution in [-0.2, 0) is 0 Å². The van der Waals surface area contributed by atoms with Crippen molar-refractivity contribution in [3.8, 4) is 11.8 Å². The second kappa shape index (κ2) is 4.43. The molecule has 0 aliphatic carbocycles. The number of carbonyl (C=O) groups excluding carboxylic acids is 1. The number of hydrogen-bond donors (Lipinski definition) is 0. The normalized spacial score (nSPS) is 11.5. The Kier molecular flexibility index (Phi) is 3.24. The van der Waals surface area contributed by atoms with Crippen molar-refractivity contribution in [2.45, 2.75) is 6.92 Å². The zero-order valence-corrected chi connectivity index (χ0v) is 8.15. The van der Waals surface area contributed by atoms with Crippen LogP contribution in [0.4, 0.5) is 0 Å². The second-order valence-electron chi connectivity index (χ2n) is 2.92. The lowest BCUT2D eigenvalue weighted by molar-refractivity contribution is 0.0953. The molecule has 0 bridgehead atoms. The summed E-state index contributed by atoms with van der Waals surface area (Å²) >= 11 is 0. The Morgan fingerprint density at radius 2 is 2.14 bits per heavy atom. The van der Waals surface area contributed by atoms with Crippen LogP contribution in [-0.4, -0.2) is 12.9 Å². The fraction of sp³-hybridized carbons (Fsp3) is 0.273. The number of ketones is 1. The van der Waals surface area contributed by atoms with E-state index in [1.807, 2.05) is 6.07 Å². The van der Waals surface area contributed by atoms with Crippen molar-refractivity contribution in [2.24, 2.45) is 5.92 Å². The molecule has 0 N–H and O–H groups in total. The van der Waals surface area contributed by atoms with Crippen LogP contribution < -0.4 is 4.74 Å². The molecular formula is C11H11NO2. The summed E-state index contributed by atoms with van der Waals surface area (Å²) in [6.45, 7) is 1.58. The largest absolute Gasteiger partial charge is 0.496 e. The SMILES string of the molecule is COc1ccccc1C(=O)C(C)C#N. The molecule has 0 fully saturated rings. The minimum atomic E-state index is -0.633. The molecule has 1 rings (SSSR count). The van der Waals surface area contributed by atoms with E-state index >= 15 is 0 Å². The van der Waals surface area contributed by atoms with E-state index in [0.717, 1.165) is 0 Å². The van der Waals surface area contributed by atoms with Crippen LogP contribution in [0.25, 0.3) is 0 Å². The number of para-hydroxylation sites is 1. The molecular weight excluding hydrogens is 178 g/mol. The molecule has 0 amide bonds. The van der Waals surface area contributed by atoms with Gasteiger partial charge in [0.2, 0.25) is 0 Å². The van der Waals surface area contributed by atoms with Gasteiger partial charge in [-0.1, -0.05) is 12.1 Å². The van der Waals surface area contributed by atoms with Crippen LogP contribution in [0.1, 0.15) is 17.3 Å². The van der Waals surface area contributed by atoms with Crippen molar-refractivity contribution in [1.29, 1.82) is 5.26 Å². The van der Waals surface area contributed by atoms with Gasteiger partial charge in [0.05, 0.1) is 18.7 Å². The molecule has 0 aliphatic rings. The third kappa shape index (κ3) is 1.91. The van der Waals surface area contributed by atoms with Gasteiger partial charge in [-0.15, -0.1) is 0 Å². The maximum atomic E-state index is 11.7. The number of methoxy groups -OCH3 is 1. The van der Waals surface area contributed by atoms with Gasteiger partial charge in [0.15, 0.2) is 5.78 Å². The summed E-state index contributed by atoms with van der Waals surface area (Å²) in [6.07, 6.45) is 0. The molecule has 0 heterocycles. The zero-order chi connectivity index (χ0) is 10.6. The summed E-state index contributed by atoms with van der Waals surface area (Å²) in [5.41, 5.74) is 0.462. The Bertz CT molecular complexity index is 379. The number of Topliss-reactive ketones (excluding diaryl/α,β-unsaturated/α-hetero) is 1. The predicted octanol–water partition coefficient (Wildman–Crippen LogP) is 2.04. The Morgan fingerprint density at radius 1 is 1.50 bits per heavy atom. The van der Waals surface area contributed by atoms with Crippen molar-refractivity contribution >= 4 is 5.78 Å². The lowest BCUT2D eigenvalue weighted by atomic mass is 10.00. The van der Waals surface area contributed by atoms with E-state index in [2.05, 4.69) is 0 Å². The van der Waals surface area contributed by atoms with E-state index in [9.17, 15) is 4.79 Å². The molecule has 3 nitrogen and oxygen atoms in total. The van der Waals surface area contributed by atoms with Gasteiger partial charge in [-0.05, 0) is 19.1 Å². The average Bonchev–Trinajstić information content (AvgIpc) is 2.26. The molecule has 0 saturated heterocycles. The fourth-order valence-corrected chi connectivity index (χ4v) is 1.14. The first-order valence-electron chi connectivity index (χ1n) is 4.27. The molecule has 1 unspecified atom stereocenters. The van der Waals surface area contributed by atoms with Gasteiger partial charge in [-0.3, -0.25) is 4.79 Å². The molecule has 0 radical (unpaired) electrons. The van der Waals surface area contributed by atoms with Gasteiger partial charge in [-0.2, -0.15) is 5.26 Å². The van der Waals surface area contributed by atoms with Crippen LogP contribution in [0.3, 0.4) is 0 Å². The summed E-state index contributed by atoms with van der Waals surface area (Å²) in [5, 5.41) is 8.62. The molecule has 1 atom stereocenters. The Balaban J connectivity index is 3.07. The van der Waals surface area contributed by atoms with E-state index in [4.69, 9.17) is 10.00 Å². The number of nitriles is 1. The number of hydrogen-bond acceptors (Lipinski definition) is 3. The van der Waals surface area contributed by atoms with Crippen LogP contribution in [0.15, 0.2) is 24.3 Å². The van der Waals surface area contributed by atoms with E-state index in [1.165, 1.54) is 7.11 Å². The van der Waals surface area contributed by atoms with Gasteiger partial charge in [-0.25, -0.2) is 0 Å². The maximum Gasteiger partial charge on any atom is 0.183 e. The topological polar surface area (TPSA) is 50.1 Å². The van der Waals surface area contributed by atoms with Gasteiger partial charge in [0, 0.05) is 0 Å². The van der Waals surface area contributed by atoms with Crippen LogP contribution in [0.2, 0.25) is 0 Å². The van der Waals surface area contributed by atoms with Gasteiger partial charge >= 0.3 is 0 Å². The third-order valence-electron chi connectivity index (χ3n) is 1.96. The average molecular weight is 189 g/mol. The minimum absolute atomic E-state index is 0.204. The highest BCUT2D eigenvalue weighted by Crippen LogP contribution is 2.20. The van der Waals surface area contributed by atoms with Crippen LogP contribution in [0, 0.1) is 17.2 Å². The molecule has 0 saturated carbocycles. The van der Waals surface area contributed by atoms with Crippen molar-refractivity contribution in [3.05, 3.63) is 29.8 Å². The Labute approximate surface area is 82.9 Å². The highest BCUT2D eigenvalue weighted by atomic mass is 16.5. The molecule has 14 heavy (non-hydrogen) atoms. The molecule has 1 aromatic carbocycles. The van der Waals surface area contributed by atoms with Crippen molar-refractivity contribution < 1.29 is 9.53 Å². The van der Waals surface area contributed by atoms with E-state index in [0.29, 0.717) is 11.3 Å². The van der Waals surface area contributed by atoms with Gasteiger partial charge in [0.1, 0.15) is 11.7 Å². The van der Waals surface area contributed by atoms with Crippen LogP contribution in [0.5, 0.6) is 5.75 Å². The first kappa shape index (κ1) is 10.3. The standard InChI is InChI=1S/C11H11NO2/c1-8(7-12)11(13)9-5-3-4-6-10(9)14-2/h3-6,8H,1-2H3. The summed E-state index contributed by atoms with van der Waals surface area (Å²) in [6, 6.07) is 8.81. The fourth-order valence-electron chi connectivity index (χ4n) is 1.14. The van der Waals surface area contributed by atoms with Gasteiger partial charge < -0.3 is 4.74 Å². The summed E-state index contributed by atoms with van der Waals surface area (Å²) < 4.78 is 5.03. The third-order valence-corrected chi connectivity index (χ3v) is 1.96. The smallest absolute Gasteiger partial charge is 0.183 e. The van der Waals surface area contributed by atoms with Crippen molar-refractivity contribution in [1.82, 2.24) is 0 Å². The summed E-state index contributed by atoms with van der Waals surface area (Å²) in [4.78, 5) is 11.7. The van der Waals surface area contributed by atoms with E-state index in [-0.39, 0.29) is 5.78 Å². The van der Waals surface area contributed by atoms with E-state index < -0.39 is 5.92 Å². The molecule has 0 aliphatic heterocycles. The Morgan fingerprint density at radius 3 is 2.71 bits per heavy atom. The molecule has 72 valence electrons. The summed E-state index contributed by atoms with van der Waals surface area (Å²) in [7, 11) is 1.50. The quantitative estimate of drug-likeness (QED) is 0.683. The number of carbonyl (C=O) groups is 1. The van der Waals surface area contributed by atoms with Crippen molar-refractivity contribution in [3.63, 3.8) is 0 Å². The first-order valence-corrected chi connectivity index (χ1v) is 4.27. The predicted molar refractivity (Wildman–Crippen MR) is 52.1 cm³/mol. The summed E-state index contributed by atoms with van der Waals surface area (Å²) in [5.74, 6) is -0.323. The molecule has 3 heteroatoms. The number of nitrogens with zero attached hydrogens (tertiary/aromatic N) is 1. The van der Waals surface area contributed by atoms with Crippen LogP contribution >= 0.6 is 0 Å². The Hall–Kier alpha value is -1.82. The first-order chi connectivity index (χ1) is 6.70. The second-order valence-corrected chi connectivity index (χ2v) is 2.92. The lowest BCUT2D eigenvalue weighted by Crippen LogP contribution is -2.10. The molecule has 1 aromatic rings. The molecule has 0 aromatic heterocycles. The number of ether oxygens (including phenoxy) is 1. The monoisotopic (exact) mass is 189 g/mol. The zero-order valence-electron chi connectivity index (χ0n) is 8.15. The number of rotatable bonds is 3. The number of benzene rings is 1. The van der Waals surface area contributed by atoms with Gasteiger partial charge in [0.25, 0.3) is 0 Å². The maximum absolute atomic E-state index is 11.7. The van der Waals surface area contributed by atoms with E-state index in [1.54, 1.807) is 31.2 Å². The highest BCUT2D eigenvalue weighted by Gasteiger charge is 2.17. The lowest BCUT2D eigenvalue weighted by Gasteiger charge is -2.07. The minimum Gasteiger partial charge on any atom is -0.496 e. The van der Waals surface area contributed by atoms with Crippen molar-refractivity contribution in [2.75, 3.05) is 7.11 Å².